The lowest BCUT2D eigenvalue weighted by atomic mass is 9.80. The lowest BCUT2D eigenvalue weighted by molar-refractivity contribution is 0.0574. The minimum Gasteiger partial charge on any atom is -0.384 e. The standard InChI is InChI=1S/C12H27N3O3S/c1-4-15(5-2)19(16,17)14-10-12(11-18-3)6-8-13-9-7-12/h13-14H,4-11H2,1-3H3. The van der Waals surface area contributed by atoms with E-state index in [0.717, 1.165) is 25.9 Å². The number of rotatable bonds is 8. The van der Waals surface area contributed by atoms with Crippen LogP contribution in [0.25, 0.3) is 0 Å². The van der Waals surface area contributed by atoms with E-state index in [4.69, 9.17) is 4.74 Å². The second-order valence-corrected chi connectivity index (χ2v) is 6.85. The van der Waals surface area contributed by atoms with Crippen molar-refractivity contribution < 1.29 is 13.2 Å². The molecule has 1 aliphatic heterocycles. The van der Waals surface area contributed by atoms with Crippen molar-refractivity contribution in [3.8, 4) is 0 Å². The van der Waals surface area contributed by atoms with Crippen molar-refractivity contribution in [1.82, 2.24) is 14.3 Å². The fraction of sp³-hybridized carbons (Fsp3) is 1.00. The number of hydrogen-bond acceptors (Lipinski definition) is 4. The van der Waals surface area contributed by atoms with E-state index in [1.165, 1.54) is 4.31 Å². The Morgan fingerprint density at radius 3 is 2.32 bits per heavy atom. The molecule has 1 aliphatic rings. The highest BCUT2D eigenvalue weighted by atomic mass is 32.2. The average Bonchev–Trinajstić information content (AvgIpc) is 2.39. The third-order valence-corrected chi connectivity index (χ3v) is 5.50. The molecule has 114 valence electrons. The molecule has 19 heavy (non-hydrogen) atoms. The van der Waals surface area contributed by atoms with Crippen LogP contribution in [0.3, 0.4) is 0 Å². The van der Waals surface area contributed by atoms with Crippen LogP contribution < -0.4 is 10.0 Å². The number of nitrogens with one attached hydrogen (secondary N) is 2. The molecule has 0 atom stereocenters. The van der Waals surface area contributed by atoms with Gasteiger partial charge in [-0.3, -0.25) is 0 Å². The fourth-order valence-corrected chi connectivity index (χ4v) is 3.89. The highest BCUT2D eigenvalue weighted by Crippen LogP contribution is 2.28. The van der Waals surface area contributed by atoms with Gasteiger partial charge in [0.05, 0.1) is 6.61 Å². The Kier molecular flexibility index (Phi) is 6.68. The van der Waals surface area contributed by atoms with Crippen LogP contribution >= 0.6 is 0 Å². The van der Waals surface area contributed by atoms with Crippen molar-refractivity contribution in [3.05, 3.63) is 0 Å². The van der Waals surface area contributed by atoms with E-state index >= 15 is 0 Å². The smallest absolute Gasteiger partial charge is 0.279 e. The topological polar surface area (TPSA) is 70.7 Å². The first kappa shape index (κ1) is 16.8. The van der Waals surface area contributed by atoms with E-state index in [2.05, 4.69) is 10.0 Å². The molecular formula is C12H27N3O3S. The van der Waals surface area contributed by atoms with Gasteiger partial charge in [0.25, 0.3) is 10.2 Å². The van der Waals surface area contributed by atoms with Gasteiger partial charge in [0.15, 0.2) is 0 Å². The van der Waals surface area contributed by atoms with Crippen molar-refractivity contribution >= 4 is 10.2 Å². The molecule has 0 saturated carbocycles. The van der Waals surface area contributed by atoms with E-state index in [9.17, 15) is 8.42 Å². The molecule has 1 fully saturated rings. The summed E-state index contributed by atoms with van der Waals surface area (Å²) in [7, 11) is -1.70. The minimum absolute atomic E-state index is 0.0831. The van der Waals surface area contributed by atoms with Crippen molar-refractivity contribution in [2.24, 2.45) is 5.41 Å². The van der Waals surface area contributed by atoms with Gasteiger partial charge in [-0.2, -0.15) is 12.7 Å². The van der Waals surface area contributed by atoms with Gasteiger partial charge in [-0.1, -0.05) is 13.8 Å². The zero-order valence-corrected chi connectivity index (χ0v) is 13.1. The molecule has 1 saturated heterocycles. The van der Waals surface area contributed by atoms with Gasteiger partial charge in [-0.25, -0.2) is 4.72 Å². The zero-order valence-electron chi connectivity index (χ0n) is 12.2. The molecule has 7 heteroatoms. The highest BCUT2D eigenvalue weighted by Gasteiger charge is 2.34. The first-order valence-corrected chi connectivity index (χ1v) is 8.38. The molecule has 2 N–H and O–H groups in total. The number of hydrogen-bond donors (Lipinski definition) is 2. The minimum atomic E-state index is -3.37. The normalized spacial score (nSPS) is 19.8. The van der Waals surface area contributed by atoms with Crippen molar-refractivity contribution in [2.75, 3.05) is 46.4 Å². The van der Waals surface area contributed by atoms with E-state index in [1.807, 2.05) is 13.8 Å². The molecule has 0 unspecified atom stereocenters. The van der Waals surface area contributed by atoms with Crippen LogP contribution in [0.5, 0.6) is 0 Å². The van der Waals surface area contributed by atoms with E-state index in [0.29, 0.717) is 26.2 Å². The van der Waals surface area contributed by atoms with Crippen LogP contribution in [-0.4, -0.2) is 59.2 Å². The molecule has 0 bridgehead atoms. The van der Waals surface area contributed by atoms with Crippen LogP contribution in [-0.2, 0) is 14.9 Å². The average molecular weight is 293 g/mol. The molecule has 0 aromatic heterocycles. The third kappa shape index (κ3) is 4.68. The number of nitrogens with zero attached hydrogens (tertiary/aromatic N) is 1. The highest BCUT2D eigenvalue weighted by molar-refractivity contribution is 7.87. The van der Waals surface area contributed by atoms with Gasteiger partial charge < -0.3 is 10.1 Å². The molecule has 6 nitrogen and oxygen atoms in total. The number of piperidine rings is 1. The molecule has 0 aliphatic carbocycles. The summed E-state index contributed by atoms with van der Waals surface area (Å²) < 4.78 is 33.8. The van der Waals surface area contributed by atoms with Crippen LogP contribution in [0.15, 0.2) is 0 Å². The van der Waals surface area contributed by atoms with Crippen LogP contribution in [0, 0.1) is 5.41 Å². The van der Waals surface area contributed by atoms with Crippen LogP contribution in [0.4, 0.5) is 0 Å². The van der Waals surface area contributed by atoms with E-state index in [-0.39, 0.29) is 5.41 Å². The Morgan fingerprint density at radius 2 is 1.84 bits per heavy atom. The predicted molar refractivity (Wildman–Crippen MR) is 76.3 cm³/mol. The maximum Gasteiger partial charge on any atom is 0.279 e. The van der Waals surface area contributed by atoms with Gasteiger partial charge in [-0.15, -0.1) is 0 Å². The maximum absolute atomic E-state index is 12.1. The van der Waals surface area contributed by atoms with Crippen molar-refractivity contribution in [3.63, 3.8) is 0 Å². The summed E-state index contributed by atoms with van der Waals surface area (Å²) in [6.07, 6.45) is 1.86. The van der Waals surface area contributed by atoms with Gasteiger partial charge in [-0.05, 0) is 25.9 Å². The maximum atomic E-state index is 12.1. The van der Waals surface area contributed by atoms with Crippen molar-refractivity contribution in [2.45, 2.75) is 26.7 Å². The summed E-state index contributed by atoms with van der Waals surface area (Å²) >= 11 is 0. The van der Waals surface area contributed by atoms with Crippen LogP contribution in [0.1, 0.15) is 26.7 Å². The summed E-state index contributed by atoms with van der Waals surface area (Å²) in [6.45, 7) is 7.54. The lowest BCUT2D eigenvalue weighted by Crippen LogP contribution is -2.50. The number of ether oxygens (including phenoxy) is 1. The Hall–Kier alpha value is -0.210. The fourth-order valence-electron chi connectivity index (χ4n) is 2.53. The molecule has 0 spiro atoms. The van der Waals surface area contributed by atoms with Gasteiger partial charge in [0.1, 0.15) is 0 Å². The Balaban J connectivity index is 2.65. The molecule has 0 aromatic rings. The largest absolute Gasteiger partial charge is 0.384 e. The second-order valence-electron chi connectivity index (χ2n) is 5.09. The van der Waals surface area contributed by atoms with Gasteiger partial charge in [0, 0.05) is 32.2 Å². The molecule has 0 aromatic carbocycles. The Bertz CT molecular complexity index is 344. The summed E-state index contributed by atoms with van der Waals surface area (Å²) in [5.74, 6) is 0. The van der Waals surface area contributed by atoms with E-state index in [1.54, 1.807) is 7.11 Å². The van der Waals surface area contributed by atoms with Gasteiger partial charge >= 0.3 is 0 Å². The monoisotopic (exact) mass is 293 g/mol. The molecule has 0 amide bonds. The summed E-state index contributed by atoms with van der Waals surface area (Å²) in [6, 6.07) is 0. The summed E-state index contributed by atoms with van der Waals surface area (Å²) in [4.78, 5) is 0. The van der Waals surface area contributed by atoms with Crippen LogP contribution in [0.2, 0.25) is 0 Å². The lowest BCUT2D eigenvalue weighted by Gasteiger charge is -2.37. The van der Waals surface area contributed by atoms with Gasteiger partial charge in [0.2, 0.25) is 0 Å². The first-order valence-electron chi connectivity index (χ1n) is 6.94. The SMILES string of the molecule is CCN(CC)S(=O)(=O)NCC1(COC)CCNCC1. The Labute approximate surface area is 117 Å². The first-order chi connectivity index (χ1) is 8.99. The molecule has 1 heterocycles. The Morgan fingerprint density at radius 1 is 1.26 bits per heavy atom. The molecule has 0 radical (unpaired) electrons. The summed E-state index contributed by atoms with van der Waals surface area (Å²) in [5.41, 5.74) is -0.0831. The summed E-state index contributed by atoms with van der Waals surface area (Å²) in [5, 5.41) is 3.30. The molecular weight excluding hydrogens is 266 g/mol. The zero-order chi connectivity index (χ0) is 14.4. The number of methoxy groups -OCH3 is 1. The van der Waals surface area contributed by atoms with Crippen molar-refractivity contribution in [1.29, 1.82) is 0 Å². The third-order valence-electron chi connectivity index (χ3n) is 3.79. The molecule has 1 rings (SSSR count). The quantitative estimate of drug-likeness (QED) is 0.670. The van der Waals surface area contributed by atoms with E-state index < -0.39 is 10.2 Å². The predicted octanol–water partition coefficient (Wildman–Crippen LogP) is 0.179. The second kappa shape index (κ2) is 7.54.